The lowest BCUT2D eigenvalue weighted by Crippen LogP contribution is -2.44. The van der Waals surface area contributed by atoms with Crippen LogP contribution in [0.1, 0.15) is 200 Å². The number of carbonyl (C=O) groups excluding carboxylic acids is 3. The molecule has 0 amide bonds. The molecule has 0 N–H and O–H groups in total. The van der Waals surface area contributed by atoms with Crippen LogP contribution in [-0.4, -0.2) is 82.3 Å². The van der Waals surface area contributed by atoms with E-state index in [-0.39, 0.29) is 38.6 Å². The van der Waals surface area contributed by atoms with E-state index in [0.717, 1.165) is 51.4 Å². The Balaban J connectivity index is 4.42. The molecule has 0 saturated heterocycles. The van der Waals surface area contributed by atoms with Gasteiger partial charge in [0.15, 0.2) is 12.4 Å². The zero-order valence-electron chi connectivity index (χ0n) is 40.5. The molecule has 2 unspecified atom stereocenters. The normalized spacial score (nSPS) is 13.4. The summed E-state index contributed by atoms with van der Waals surface area (Å²) in [6.45, 7) is 4.57. The first-order valence-corrected chi connectivity index (χ1v) is 24.9. The quantitative estimate of drug-likeness (QED) is 0.0196. The number of quaternary nitrogens is 1. The Hall–Kier alpha value is -3.01. The highest BCUT2D eigenvalue weighted by Crippen LogP contribution is 2.16. The summed E-state index contributed by atoms with van der Waals surface area (Å²) in [6.07, 6.45) is 51.2. The van der Waals surface area contributed by atoms with Gasteiger partial charge in [-0.2, -0.15) is 0 Å². The topological polar surface area (TPSA) is 111 Å². The van der Waals surface area contributed by atoms with Crippen LogP contribution in [0.25, 0.3) is 0 Å². The third kappa shape index (κ3) is 45.0. The van der Waals surface area contributed by atoms with Gasteiger partial charge in [0.25, 0.3) is 0 Å². The van der Waals surface area contributed by atoms with E-state index < -0.39 is 24.3 Å². The van der Waals surface area contributed by atoms with Crippen LogP contribution in [0.5, 0.6) is 0 Å². The number of likely N-dealkylation sites (N-methyl/N-ethyl adjacent to an activating group) is 1. The number of carboxylic acid groups (broad SMARTS) is 1. The molecule has 0 aromatic heterocycles. The first-order chi connectivity index (χ1) is 30.1. The van der Waals surface area contributed by atoms with E-state index in [1.807, 2.05) is 27.2 Å². The van der Waals surface area contributed by atoms with Crippen LogP contribution in [0.2, 0.25) is 0 Å². The Morgan fingerprint density at radius 3 is 1.35 bits per heavy atom. The Labute approximate surface area is 380 Å². The van der Waals surface area contributed by atoms with Crippen molar-refractivity contribution in [2.75, 3.05) is 47.5 Å². The standard InChI is InChI=1S/C53H93NO8/c1-6-8-10-12-14-16-18-20-22-24-25-26-28-29-31-33-35-37-39-41-43-50(55)60-47-49(48-61-53(52(57)58)59-46-45-54(3,4)5)62-51(56)44-42-40-38-36-34-32-30-27-23-21-19-17-15-13-11-9-7-2/h9,11,15,17,21,23,30,32,36,38,49,53H,6-8,10,12-14,16,18-20,22,24-29,31,33-35,37,39-48H2,1-5H3/b11-9-,17-15-,23-21-,32-30-,38-36-. The van der Waals surface area contributed by atoms with Gasteiger partial charge < -0.3 is 33.3 Å². The minimum absolute atomic E-state index is 0.136. The average molecular weight is 872 g/mol. The Morgan fingerprint density at radius 2 is 0.919 bits per heavy atom. The molecular formula is C53H93NO8. The fourth-order valence-electron chi connectivity index (χ4n) is 6.69. The zero-order chi connectivity index (χ0) is 45.6. The molecule has 0 radical (unpaired) electrons. The molecule has 0 aliphatic carbocycles. The highest BCUT2D eigenvalue weighted by molar-refractivity contribution is 5.70. The smallest absolute Gasteiger partial charge is 0.306 e. The van der Waals surface area contributed by atoms with Crippen molar-refractivity contribution in [1.29, 1.82) is 0 Å². The van der Waals surface area contributed by atoms with E-state index in [1.54, 1.807) is 0 Å². The third-order valence-corrected chi connectivity index (χ3v) is 10.5. The summed E-state index contributed by atoms with van der Waals surface area (Å²) in [4.78, 5) is 37.1. The van der Waals surface area contributed by atoms with Gasteiger partial charge in [-0.3, -0.25) is 9.59 Å². The van der Waals surface area contributed by atoms with Crippen LogP contribution < -0.4 is 5.11 Å². The molecule has 0 rings (SSSR count). The fraction of sp³-hybridized carbons (Fsp3) is 0.755. The van der Waals surface area contributed by atoms with Gasteiger partial charge in [-0.25, -0.2) is 0 Å². The molecule has 0 aliphatic rings. The number of hydrogen-bond acceptors (Lipinski definition) is 8. The molecule has 9 heteroatoms. The fourth-order valence-corrected chi connectivity index (χ4v) is 6.69. The molecule has 9 nitrogen and oxygen atoms in total. The second-order valence-electron chi connectivity index (χ2n) is 17.7. The van der Waals surface area contributed by atoms with Crippen LogP contribution in [0.3, 0.4) is 0 Å². The van der Waals surface area contributed by atoms with E-state index in [0.29, 0.717) is 23.9 Å². The van der Waals surface area contributed by atoms with E-state index in [1.165, 1.54) is 109 Å². The van der Waals surface area contributed by atoms with Crippen molar-refractivity contribution < 1.29 is 42.9 Å². The van der Waals surface area contributed by atoms with Crippen molar-refractivity contribution in [2.45, 2.75) is 212 Å². The van der Waals surface area contributed by atoms with Crippen molar-refractivity contribution in [1.82, 2.24) is 0 Å². The highest BCUT2D eigenvalue weighted by atomic mass is 16.7. The maximum absolute atomic E-state index is 12.8. The summed E-state index contributed by atoms with van der Waals surface area (Å²) in [5, 5.41) is 11.7. The summed E-state index contributed by atoms with van der Waals surface area (Å²) in [7, 11) is 5.89. The summed E-state index contributed by atoms with van der Waals surface area (Å²) < 4.78 is 22.5. The molecule has 0 spiro atoms. The molecule has 0 fully saturated rings. The number of unbranched alkanes of at least 4 members (excludes halogenated alkanes) is 20. The summed E-state index contributed by atoms with van der Waals surface area (Å²) in [6, 6.07) is 0. The lowest BCUT2D eigenvalue weighted by molar-refractivity contribution is -0.870. The first-order valence-electron chi connectivity index (χ1n) is 24.9. The molecule has 0 saturated carbocycles. The molecule has 62 heavy (non-hydrogen) atoms. The second-order valence-corrected chi connectivity index (χ2v) is 17.7. The molecule has 358 valence electrons. The van der Waals surface area contributed by atoms with Crippen LogP contribution in [-0.2, 0) is 33.3 Å². The number of esters is 2. The SMILES string of the molecule is CC/C=C\C/C=C\C/C=C\C/C=C\C/C=C\CCCC(=O)OC(COC(=O)CCCCCCCCCCCCCCCCCCCCCC)COC(OCC[N+](C)(C)C)C(=O)[O-]. The summed E-state index contributed by atoms with van der Waals surface area (Å²) in [5.74, 6) is -2.36. The Morgan fingerprint density at radius 1 is 0.500 bits per heavy atom. The number of carbonyl (C=O) groups is 3. The van der Waals surface area contributed by atoms with Gasteiger partial charge in [0, 0.05) is 12.8 Å². The monoisotopic (exact) mass is 872 g/mol. The number of rotatable bonds is 45. The largest absolute Gasteiger partial charge is 0.545 e. The van der Waals surface area contributed by atoms with E-state index in [2.05, 4.69) is 68.5 Å². The molecule has 2 atom stereocenters. The minimum Gasteiger partial charge on any atom is -0.545 e. The predicted molar refractivity (Wildman–Crippen MR) is 255 cm³/mol. The van der Waals surface area contributed by atoms with Crippen molar-refractivity contribution in [3.8, 4) is 0 Å². The lowest BCUT2D eigenvalue weighted by atomic mass is 10.0. The highest BCUT2D eigenvalue weighted by Gasteiger charge is 2.21. The van der Waals surface area contributed by atoms with Crippen LogP contribution in [0.15, 0.2) is 60.8 Å². The lowest BCUT2D eigenvalue weighted by Gasteiger charge is -2.26. The van der Waals surface area contributed by atoms with Gasteiger partial charge in [0.1, 0.15) is 13.2 Å². The van der Waals surface area contributed by atoms with Gasteiger partial charge in [-0.1, -0.05) is 197 Å². The maximum Gasteiger partial charge on any atom is 0.306 e. The van der Waals surface area contributed by atoms with E-state index in [9.17, 15) is 19.5 Å². The maximum atomic E-state index is 12.8. The number of hydrogen-bond donors (Lipinski definition) is 0. The van der Waals surface area contributed by atoms with Crippen molar-refractivity contribution in [2.24, 2.45) is 0 Å². The summed E-state index contributed by atoms with van der Waals surface area (Å²) in [5.41, 5.74) is 0. The molecule has 0 aliphatic heterocycles. The van der Waals surface area contributed by atoms with Gasteiger partial charge in [-0.15, -0.1) is 0 Å². The van der Waals surface area contributed by atoms with Gasteiger partial charge in [0.2, 0.25) is 0 Å². The van der Waals surface area contributed by atoms with Crippen LogP contribution in [0, 0.1) is 0 Å². The van der Waals surface area contributed by atoms with Crippen LogP contribution in [0.4, 0.5) is 0 Å². The number of ether oxygens (including phenoxy) is 4. The molecule has 0 aromatic carbocycles. The Bertz CT molecular complexity index is 1200. The number of aliphatic carboxylic acids is 1. The Kier molecular flexibility index (Phi) is 42.4. The van der Waals surface area contributed by atoms with Crippen molar-refractivity contribution in [3.05, 3.63) is 60.8 Å². The van der Waals surface area contributed by atoms with Gasteiger partial charge in [-0.05, 0) is 51.4 Å². The third-order valence-electron chi connectivity index (χ3n) is 10.5. The minimum atomic E-state index is -1.64. The second kappa shape index (κ2) is 44.6. The first kappa shape index (κ1) is 59.0. The van der Waals surface area contributed by atoms with Gasteiger partial charge >= 0.3 is 11.9 Å². The van der Waals surface area contributed by atoms with Crippen molar-refractivity contribution in [3.63, 3.8) is 0 Å². The number of nitrogens with zero attached hydrogens (tertiary/aromatic N) is 1. The van der Waals surface area contributed by atoms with Crippen molar-refractivity contribution >= 4 is 17.9 Å². The average Bonchev–Trinajstić information content (AvgIpc) is 3.23. The number of allylic oxidation sites excluding steroid dienone is 10. The summed E-state index contributed by atoms with van der Waals surface area (Å²) >= 11 is 0. The van der Waals surface area contributed by atoms with Gasteiger partial charge in [0.05, 0.1) is 40.3 Å². The zero-order valence-corrected chi connectivity index (χ0v) is 40.5. The molecular weight excluding hydrogens is 779 g/mol. The van der Waals surface area contributed by atoms with E-state index in [4.69, 9.17) is 18.9 Å². The molecule has 0 bridgehead atoms. The molecule has 0 aromatic rings. The predicted octanol–water partition coefficient (Wildman–Crippen LogP) is 12.4. The van der Waals surface area contributed by atoms with Crippen LogP contribution >= 0.6 is 0 Å². The molecule has 0 heterocycles. The van der Waals surface area contributed by atoms with E-state index >= 15 is 0 Å². The number of carboxylic acids is 1.